The van der Waals surface area contributed by atoms with Crippen LogP contribution in [0.15, 0.2) is 42.4 Å². The molecule has 218 valence electrons. The van der Waals surface area contributed by atoms with E-state index in [0.29, 0.717) is 22.0 Å². The van der Waals surface area contributed by atoms with E-state index in [1.165, 1.54) is 35.4 Å². The molecule has 5 rings (SSSR count). The largest absolute Gasteiger partial charge is 0.418 e. The van der Waals surface area contributed by atoms with Crippen molar-refractivity contribution in [3.63, 3.8) is 0 Å². The molecule has 2 N–H and O–H groups in total. The van der Waals surface area contributed by atoms with Gasteiger partial charge in [-0.1, -0.05) is 35.0 Å². The van der Waals surface area contributed by atoms with E-state index in [4.69, 9.17) is 32.7 Å². The summed E-state index contributed by atoms with van der Waals surface area (Å²) in [6, 6.07) is 3.67. The smallest absolute Gasteiger partial charge is 0.394 e. The van der Waals surface area contributed by atoms with Gasteiger partial charge in [0.1, 0.15) is 46.3 Å². The SMILES string of the molecule is C=C(C)c1cc([C@@H]2O[C@H](CO)[C@H](O)[C@H](n3cc(-c4nc(Cl)cs4)nn3)[C@H]2OC)n(-c2cc(Cl)ccc2C(F)(F)F)n1. The van der Waals surface area contributed by atoms with Crippen LogP contribution in [0.3, 0.4) is 0 Å². The maximum Gasteiger partial charge on any atom is 0.418 e. The number of ether oxygens (including phenoxy) is 2. The lowest BCUT2D eigenvalue weighted by atomic mass is 9.90. The molecule has 1 aliphatic rings. The van der Waals surface area contributed by atoms with Gasteiger partial charge in [0.2, 0.25) is 0 Å². The van der Waals surface area contributed by atoms with Gasteiger partial charge in [-0.3, -0.25) is 0 Å². The summed E-state index contributed by atoms with van der Waals surface area (Å²) in [5.74, 6) is 0. The molecule has 3 aromatic heterocycles. The van der Waals surface area contributed by atoms with Gasteiger partial charge in [-0.15, -0.1) is 16.4 Å². The number of aliphatic hydroxyl groups is 2. The van der Waals surface area contributed by atoms with Crippen molar-refractivity contribution in [2.45, 2.75) is 43.6 Å². The number of allylic oxidation sites excluding steroid dienone is 1. The predicted molar refractivity (Wildman–Crippen MR) is 145 cm³/mol. The zero-order chi connectivity index (χ0) is 29.6. The fourth-order valence-corrected chi connectivity index (χ4v) is 5.77. The minimum Gasteiger partial charge on any atom is -0.394 e. The number of rotatable bonds is 7. The van der Waals surface area contributed by atoms with Crippen molar-refractivity contribution in [2.75, 3.05) is 13.7 Å². The Morgan fingerprint density at radius 1 is 1.27 bits per heavy atom. The lowest BCUT2D eigenvalue weighted by Crippen LogP contribution is -2.53. The second-order valence-corrected chi connectivity index (χ2v) is 11.0. The van der Waals surface area contributed by atoms with Gasteiger partial charge < -0.3 is 19.7 Å². The fraction of sp³-hybridized carbons (Fsp3) is 0.360. The number of halogens is 5. The van der Waals surface area contributed by atoms with Crippen LogP contribution in [-0.4, -0.2) is 72.0 Å². The zero-order valence-corrected chi connectivity index (χ0v) is 23.8. The third kappa shape index (κ3) is 5.65. The van der Waals surface area contributed by atoms with Gasteiger partial charge >= 0.3 is 6.18 Å². The van der Waals surface area contributed by atoms with Crippen LogP contribution in [0.5, 0.6) is 0 Å². The Labute approximate surface area is 245 Å². The van der Waals surface area contributed by atoms with Crippen molar-refractivity contribution >= 4 is 40.1 Å². The minimum atomic E-state index is -4.73. The highest BCUT2D eigenvalue weighted by Gasteiger charge is 2.49. The number of hydrogen-bond donors (Lipinski definition) is 2. The van der Waals surface area contributed by atoms with E-state index in [-0.39, 0.29) is 21.6 Å². The lowest BCUT2D eigenvalue weighted by Gasteiger charge is -2.43. The minimum absolute atomic E-state index is 0.0538. The van der Waals surface area contributed by atoms with Gasteiger partial charge in [-0.05, 0) is 36.8 Å². The van der Waals surface area contributed by atoms with E-state index in [1.807, 2.05) is 0 Å². The first-order valence-electron chi connectivity index (χ1n) is 12.1. The molecule has 1 fully saturated rings. The first-order valence-corrected chi connectivity index (χ1v) is 13.7. The van der Waals surface area contributed by atoms with Crippen LogP contribution in [0.4, 0.5) is 13.2 Å². The fourth-order valence-electron chi connectivity index (χ4n) is 4.71. The van der Waals surface area contributed by atoms with Crippen LogP contribution in [-0.2, 0) is 15.7 Å². The van der Waals surface area contributed by atoms with Gasteiger partial charge in [-0.25, -0.2) is 14.3 Å². The van der Waals surface area contributed by atoms with E-state index in [1.54, 1.807) is 12.3 Å². The van der Waals surface area contributed by atoms with E-state index in [0.717, 1.165) is 22.9 Å². The number of benzene rings is 1. The third-order valence-corrected chi connectivity index (χ3v) is 8.03. The number of thiazole rings is 1. The molecule has 1 aromatic carbocycles. The second kappa shape index (κ2) is 11.4. The Hall–Kier alpha value is -2.85. The highest BCUT2D eigenvalue weighted by atomic mass is 35.5. The van der Waals surface area contributed by atoms with E-state index < -0.39 is 48.8 Å². The molecule has 0 spiro atoms. The second-order valence-electron chi connectivity index (χ2n) is 9.32. The highest BCUT2D eigenvalue weighted by Crippen LogP contribution is 2.43. The van der Waals surface area contributed by atoms with Crippen LogP contribution in [0.25, 0.3) is 22.0 Å². The third-order valence-electron chi connectivity index (χ3n) is 6.61. The van der Waals surface area contributed by atoms with Crippen LogP contribution >= 0.6 is 34.5 Å². The molecule has 0 amide bonds. The first-order chi connectivity index (χ1) is 19.4. The summed E-state index contributed by atoms with van der Waals surface area (Å²) >= 11 is 13.3. The van der Waals surface area contributed by atoms with Crippen molar-refractivity contribution in [1.29, 1.82) is 0 Å². The Bertz CT molecular complexity index is 1570. The van der Waals surface area contributed by atoms with E-state index in [2.05, 4.69) is 27.0 Å². The Kier molecular flexibility index (Phi) is 8.27. The molecule has 0 bridgehead atoms. The molecule has 1 aliphatic heterocycles. The average Bonchev–Trinajstić information content (AvgIpc) is 3.67. The van der Waals surface area contributed by atoms with E-state index in [9.17, 15) is 23.4 Å². The summed E-state index contributed by atoms with van der Waals surface area (Å²) in [6.07, 6.45) is -7.90. The molecule has 1 saturated heterocycles. The molecular formula is C25H23Cl2F3N6O4S. The highest BCUT2D eigenvalue weighted by molar-refractivity contribution is 7.13. The number of methoxy groups -OCH3 is 1. The van der Waals surface area contributed by atoms with Crippen LogP contribution < -0.4 is 0 Å². The standard InChI is InChI=1S/C25H23Cl2F3N6O4S/c1-11(2)14-7-17(36(33-14)16-6-12(26)4-5-13(16)25(28,29)30)22-23(39-3)20(21(38)18(9-37)40-22)35-8-15(32-34-35)24-31-19(27)10-41-24/h4-8,10,18,20-23,37-38H,1,9H2,2-3H3/t18-,20+,21+,22+,23-/m1/s1. The van der Waals surface area contributed by atoms with Gasteiger partial charge in [0.05, 0.1) is 35.4 Å². The Morgan fingerprint density at radius 3 is 2.63 bits per heavy atom. The first kappa shape index (κ1) is 29.6. The maximum atomic E-state index is 14.1. The number of hydrogen-bond acceptors (Lipinski definition) is 9. The van der Waals surface area contributed by atoms with Crippen molar-refractivity contribution in [3.8, 4) is 16.4 Å². The van der Waals surface area contributed by atoms with Gasteiger partial charge in [0.25, 0.3) is 0 Å². The zero-order valence-electron chi connectivity index (χ0n) is 21.5. The van der Waals surface area contributed by atoms with Crippen LogP contribution in [0.1, 0.15) is 36.0 Å². The molecule has 0 radical (unpaired) electrons. The number of nitrogens with zero attached hydrogens (tertiary/aromatic N) is 6. The van der Waals surface area contributed by atoms with Crippen molar-refractivity contribution < 1.29 is 32.9 Å². The van der Waals surface area contributed by atoms with Gasteiger partial charge in [-0.2, -0.15) is 18.3 Å². The average molecular weight is 631 g/mol. The molecule has 4 aromatic rings. The number of alkyl halides is 3. The Balaban J connectivity index is 1.66. The quantitative estimate of drug-likeness (QED) is 0.293. The molecule has 4 heterocycles. The summed E-state index contributed by atoms with van der Waals surface area (Å²) in [6.45, 7) is 4.91. The maximum absolute atomic E-state index is 14.1. The summed E-state index contributed by atoms with van der Waals surface area (Å²) in [4.78, 5) is 4.18. The molecule has 0 saturated carbocycles. The topological polar surface area (TPSA) is 120 Å². The normalized spacial score (nSPS) is 23.2. The number of aromatic nitrogens is 6. The molecule has 41 heavy (non-hydrogen) atoms. The molecular weight excluding hydrogens is 608 g/mol. The van der Waals surface area contributed by atoms with Crippen molar-refractivity contribution in [3.05, 3.63) is 69.5 Å². The summed E-state index contributed by atoms with van der Waals surface area (Å²) in [7, 11) is 1.36. The molecule has 10 nitrogen and oxygen atoms in total. The summed E-state index contributed by atoms with van der Waals surface area (Å²) in [5, 5.41) is 36.4. The Morgan fingerprint density at radius 2 is 2.02 bits per heavy atom. The van der Waals surface area contributed by atoms with Gasteiger partial charge in [0.15, 0.2) is 0 Å². The monoisotopic (exact) mass is 630 g/mol. The van der Waals surface area contributed by atoms with Crippen molar-refractivity contribution in [2.24, 2.45) is 0 Å². The number of aliphatic hydroxyl groups excluding tert-OH is 2. The summed E-state index contributed by atoms with van der Waals surface area (Å²) in [5.41, 5.74) is -0.0523. The molecule has 5 atom stereocenters. The lowest BCUT2D eigenvalue weighted by molar-refractivity contribution is -0.216. The van der Waals surface area contributed by atoms with Crippen molar-refractivity contribution in [1.82, 2.24) is 29.8 Å². The predicted octanol–water partition coefficient (Wildman–Crippen LogP) is 5.00. The molecule has 0 unspecified atom stereocenters. The molecule has 0 aliphatic carbocycles. The summed E-state index contributed by atoms with van der Waals surface area (Å²) < 4.78 is 56.6. The van der Waals surface area contributed by atoms with E-state index >= 15 is 0 Å². The van der Waals surface area contributed by atoms with Crippen LogP contribution in [0.2, 0.25) is 10.2 Å². The van der Waals surface area contributed by atoms with Crippen LogP contribution in [0, 0.1) is 0 Å². The molecule has 16 heteroatoms. The van der Waals surface area contributed by atoms with Gasteiger partial charge in [0, 0.05) is 17.5 Å².